The monoisotopic (exact) mass is 427 g/mol. The zero-order valence-corrected chi connectivity index (χ0v) is 17.0. The van der Waals surface area contributed by atoms with Crippen molar-refractivity contribution >= 4 is 27.7 Å². The quantitative estimate of drug-likeness (QED) is 0.542. The highest BCUT2D eigenvalue weighted by atomic mass is 79.9. The smallest absolute Gasteiger partial charge is 0.225 e. The zero-order valence-electron chi connectivity index (χ0n) is 15.4. The molecule has 1 aromatic heterocycles. The van der Waals surface area contributed by atoms with Crippen LogP contribution in [-0.4, -0.2) is 22.3 Å². The van der Waals surface area contributed by atoms with E-state index in [-0.39, 0.29) is 5.91 Å². The Bertz CT molecular complexity index is 905. The minimum absolute atomic E-state index is 0.0481. The van der Waals surface area contributed by atoms with E-state index in [0.717, 1.165) is 27.0 Å². The Labute approximate surface area is 167 Å². The van der Waals surface area contributed by atoms with E-state index in [1.165, 1.54) is 0 Å². The predicted molar refractivity (Wildman–Crippen MR) is 111 cm³/mol. The Morgan fingerprint density at radius 2 is 1.85 bits per heavy atom. The summed E-state index contributed by atoms with van der Waals surface area (Å²) < 4.78 is 8.36. The Morgan fingerprint density at radius 1 is 1.15 bits per heavy atom. The third-order valence-corrected chi connectivity index (χ3v) is 4.70. The highest BCUT2D eigenvalue weighted by Crippen LogP contribution is 2.32. The third kappa shape index (κ3) is 4.98. The maximum Gasteiger partial charge on any atom is 0.225 e. The standard InChI is InChI=1S/C21H22BrN3O2/c1-15-20(16-10-12-17(22)13-11-16)21(25(2)24-15)23-19(26)9-6-14-27-18-7-4-3-5-8-18/h3-5,7-8,10-13H,6,9,14H2,1-2H3,(H,23,26). The summed E-state index contributed by atoms with van der Waals surface area (Å²) in [4.78, 5) is 12.4. The van der Waals surface area contributed by atoms with Crippen LogP contribution in [0.3, 0.4) is 0 Å². The lowest BCUT2D eigenvalue weighted by Gasteiger charge is -2.10. The molecule has 3 rings (SSSR count). The summed E-state index contributed by atoms with van der Waals surface area (Å²) in [5.74, 6) is 1.48. The van der Waals surface area contributed by atoms with E-state index in [2.05, 4.69) is 26.3 Å². The van der Waals surface area contributed by atoms with E-state index in [1.54, 1.807) is 4.68 Å². The number of aromatic nitrogens is 2. The molecule has 27 heavy (non-hydrogen) atoms. The Kier molecular flexibility index (Phi) is 6.29. The van der Waals surface area contributed by atoms with E-state index < -0.39 is 0 Å². The molecule has 0 atom stereocenters. The van der Waals surface area contributed by atoms with Gasteiger partial charge in [0.1, 0.15) is 11.6 Å². The molecule has 140 valence electrons. The molecule has 0 aliphatic rings. The number of para-hydroxylation sites is 1. The molecular formula is C21H22BrN3O2. The fourth-order valence-electron chi connectivity index (χ4n) is 2.90. The molecule has 5 nitrogen and oxygen atoms in total. The van der Waals surface area contributed by atoms with Crippen molar-refractivity contribution in [2.75, 3.05) is 11.9 Å². The first kappa shape index (κ1) is 19.2. The largest absolute Gasteiger partial charge is 0.494 e. The predicted octanol–water partition coefficient (Wildman–Crippen LogP) is 4.96. The van der Waals surface area contributed by atoms with Crippen molar-refractivity contribution in [3.8, 4) is 16.9 Å². The van der Waals surface area contributed by atoms with Gasteiger partial charge in [0.15, 0.2) is 0 Å². The summed E-state index contributed by atoms with van der Waals surface area (Å²) >= 11 is 3.45. The maximum absolute atomic E-state index is 12.4. The lowest BCUT2D eigenvalue weighted by atomic mass is 10.1. The number of ether oxygens (including phenoxy) is 1. The fraction of sp³-hybridized carbons (Fsp3) is 0.238. The number of amides is 1. The van der Waals surface area contributed by atoms with Gasteiger partial charge in [0.05, 0.1) is 12.3 Å². The van der Waals surface area contributed by atoms with Crippen molar-refractivity contribution in [2.45, 2.75) is 19.8 Å². The number of nitrogens with one attached hydrogen (secondary N) is 1. The number of hydrogen-bond donors (Lipinski definition) is 1. The first-order valence-electron chi connectivity index (χ1n) is 8.82. The van der Waals surface area contributed by atoms with E-state index in [9.17, 15) is 4.79 Å². The second kappa shape index (κ2) is 8.86. The molecule has 1 amide bonds. The summed E-state index contributed by atoms with van der Waals surface area (Å²) in [5, 5.41) is 7.47. The van der Waals surface area contributed by atoms with Gasteiger partial charge < -0.3 is 10.1 Å². The number of carbonyl (C=O) groups excluding carboxylic acids is 1. The van der Waals surface area contributed by atoms with E-state index in [4.69, 9.17) is 4.74 Å². The number of benzene rings is 2. The Balaban J connectivity index is 1.61. The number of hydrogen-bond acceptors (Lipinski definition) is 3. The van der Waals surface area contributed by atoms with Gasteiger partial charge in [-0.3, -0.25) is 9.48 Å². The van der Waals surface area contributed by atoms with Crippen LogP contribution in [0.2, 0.25) is 0 Å². The average Bonchev–Trinajstić information content (AvgIpc) is 2.94. The van der Waals surface area contributed by atoms with Gasteiger partial charge in [-0.1, -0.05) is 46.3 Å². The van der Waals surface area contributed by atoms with E-state index in [0.29, 0.717) is 25.3 Å². The van der Waals surface area contributed by atoms with Crippen LogP contribution >= 0.6 is 15.9 Å². The van der Waals surface area contributed by atoms with Crippen LogP contribution < -0.4 is 10.1 Å². The van der Waals surface area contributed by atoms with E-state index in [1.807, 2.05) is 68.6 Å². The van der Waals surface area contributed by atoms with Gasteiger partial charge >= 0.3 is 0 Å². The van der Waals surface area contributed by atoms with Gasteiger partial charge in [0, 0.05) is 23.5 Å². The summed E-state index contributed by atoms with van der Waals surface area (Å²) in [6.07, 6.45) is 1.03. The van der Waals surface area contributed by atoms with Crippen LogP contribution in [-0.2, 0) is 11.8 Å². The number of anilines is 1. The van der Waals surface area contributed by atoms with Crippen LogP contribution in [0.15, 0.2) is 59.1 Å². The van der Waals surface area contributed by atoms with Crippen molar-refractivity contribution in [3.05, 3.63) is 64.8 Å². The molecule has 0 aliphatic heterocycles. The summed E-state index contributed by atoms with van der Waals surface area (Å²) in [5.41, 5.74) is 2.84. The summed E-state index contributed by atoms with van der Waals surface area (Å²) in [7, 11) is 1.84. The highest BCUT2D eigenvalue weighted by Gasteiger charge is 2.17. The second-order valence-corrected chi connectivity index (χ2v) is 7.17. The van der Waals surface area contributed by atoms with Crippen molar-refractivity contribution in [2.24, 2.45) is 7.05 Å². The van der Waals surface area contributed by atoms with Crippen LogP contribution in [0.1, 0.15) is 18.5 Å². The lowest BCUT2D eigenvalue weighted by molar-refractivity contribution is -0.116. The van der Waals surface area contributed by atoms with Crippen molar-refractivity contribution < 1.29 is 9.53 Å². The van der Waals surface area contributed by atoms with Crippen LogP contribution in [0, 0.1) is 6.92 Å². The third-order valence-electron chi connectivity index (χ3n) is 4.17. The molecule has 0 saturated heterocycles. The van der Waals surface area contributed by atoms with Crippen molar-refractivity contribution in [1.29, 1.82) is 0 Å². The molecule has 0 aliphatic carbocycles. The van der Waals surface area contributed by atoms with Crippen molar-refractivity contribution in [3.63, 3.8) is 0 Å². The average molecular weight is 428 g/mol. The number of halogens is 1. The fourth-order valence-corrected chi connectivity index (χ4v) is 3.16. The normalized spacial score (nSPS) is 10.6. The van der Waals surface area contributed by atoms with Gasteiger partial charge in [-0.25, -0.2) is 0 Å². The highest BCUT2D eigenvalue weighted by molar-refractivity contribution is 9.10. The Morgan fingerprint density at radius 3 is 2.56 bits per heavy atom. The molecule has 0 bridgehead atoms. The van der Waals surface area contributed by atoms with Crippen LogP contribution in [0.25, 0.3) is 11.1 Å². The molecule has 2 aromatic carbocycles. The van der Waals surface area contributed by atoms with Gasteiger partial charge in [-0.15, -0.1) is 0 Å². The van der Waals surface area contributed by atoms with Gasteiger partial charge in [0.2, 0.25) is 5.91 Å². The molecule has 6 heteroatoms. The molecule has 0 unspecified atom stereocenters. The van der Waals surface area contributed by atoms with Gasteiger partial charge in [-0.05, 0) is 43.2 Å². The number of aryl methyl sites for hydroxylation is 2. The first-order valence-corrected chi connectivity index (χ1v) is 9.61. The number of nitrogens with zero attached hydrogens (tertiary/aromatic N) is 2. The molecule has 0 radical (unpaired) electrons. The Hall–Kier alpha value is -2.60. The summed E-state index contributed by atoms with van der Waals surface area (Å²) in [6, 6.07) is 17.6. The number of rotatable bonds is 7. The second-order valence-electron chi connectivity index (χ2n) is 6.25. The van der Waals surface area contributed by atoms with Crippen molar-refractivity contribution in [1.82, 2.24) is 9.78 Å². The van der Waals surface area contributed by atoms with E-state index >= 15 is 0 Å². The minimum atomic E-state index is -0.0481. The molecule has 0 spiro atoms. The zero-order chi connectivity index (χ0) is 19.2. The SMILES string of the molecule is Cc1nn(C)c(NC(=O)CCCOc2ccccc2)c1-c1ccc(Br)cc1. The first-order chi connectivity index (χ1) is 13.0. The number of carbonyl (C=O) groups is 1. The maximum atomic E-state index is 12.4. The topological polar surface area (TPSA) is 56.2 Å². The molecule has 1 N–H and O–H groups in total. The molecule has 3 aromatic rings. The molecular weight excluding hydrogens is 406 g/mol. The van der Waals surface area contributed by atoms with Crippen LogP contribution in [0.5, 0.6) is 5.75 Å². The van der Waals surface area contributed by atoms with Crippen LogP contribution in [0.4, 0.5) is 5.82 Å². The molecule has 1 heterocycles. The summed E-state index contributed by atoms with van der Waals surface area (Å²) in [6.45, 7) is 2.45. The van der Waals surface area contributed by atoms with Gasteiger partial charge in [-0.2, -0.15) is 5.10 Å². The molecule has 0 saturated carbocycles. The van der Waals surface area contributed by atoms with Gasteiger partial charge in [0.25, 0.3) is 0 Å². The lowest BCUT2D eigenvalue weighted by Crippen LogP contribution is -2.15. The minimum Gasteiger partial charge on any atom is -0.494 e. The molecule has 0 fully saturated rings.